The van der Waals surface area contributed by atoms with Gasteiger partial charge in [-0.25, -0.2) is 4.68 Å². The molecule has 2 N–H and O–H groups in total. The lowest BCUT2D eigenvalue weighted by atomic mass is 10.1. The van der Waals surface area contributed by atoms with Crippen LogP contribution in [0.5, 0.6) is 0 Å². The summed E-state index contributed by atoms with van der Waals surface area (Å²) in [5.41, 5.74) is 1.17. The monoisotopic (exact) mass is 626 g/mol. The van der Waals surface area contributed by atoms with Crippen molar-refractivity contribution in [1.82, 2.24) is 25.3 Å². The van der Waals surface area contributed by atoms with E-state index in [9.17, 15) is 27.6 Å². The number of para-hydroxylation sites is 1. The molecule has 1 aliphatic rings. The number of carbonyl (C=O) groups excluding carboxylic acids is 3. The Labute approximate surface area is 259 Å². The highest BCUT2D eigenvalue weighted by molar-refractivity contribution is 6.00. The fraction of sp³-hybridized carbons (Fsp3) is 0.375. The Morgan fingerprint density at radius 2 is 1.78 bits per heavy atom. The van der Waals surface area contributed by atoms with Crippen LogP contribution in [0.25, 0.3) is 5.69 Å². The first-order valence-electron chi connectivity index (χ1n) is 14.6. The van der Waals surface area contributed by atoms with Crippen molar-refractivity contribution in [3.8, 4) is 5.69 Å². The fourth-order valence-electron chi connectivity index (χ4n) is 4.92. The van der Waals surface area contributed by atoms with Gasteiger partial charge in [0.15, 0.2) is 0 Å². The van der Waals surface area contributed by atoms with Crippen LogP contribution in [0.3, 0.4) is 0 Å². The molecule has 1 aromatic heterocycles. The Morgan fingerprint density at radius 1 is 1.07 bits per heavy atom. The summed E-state index contributed by atoms with van der Waals surface area (Å²) in [6.07, 6.45) is -4.14. The van der Waals surface area contributed by atoms with Gasteiger partial charge in [0.1, 0.15) is 5.82 Å². The summed E-state index contributed by atoms with van der Waals surface area (Å²) in [5, 5.41) is 10.1. The Hall–Kier alpha value is -4.49. The van der Waals surface area contributed by atoms with E-state index in [-0.39, 0.29) is 30.6 Å². The van der Waals surface area contributed by atoms with Crippen LogP contribution in [0.4, 0.5) is 19.0 Å². The Balaban J connectivity index is 1.54. The minimum absolute atomic E-state index is 0.0855. The molecule has 1 fully saturated rings. The maximum Gasteiger partial charge on any atom is 0.416 e. The number of hydrogen-bond donors (Lipinski definition) is 2. The molecule has 0 atom stereocenters. The molecule has 13 heteroatoms. The molecular formula is C32H37F3N6O4. The predicted octanol–water partition coefficient (Wildman–Crippen LogP) is 3.74. The SMILES string of the molecule is C=C(CN(C)C1COC1)C(=O)NCc1nn(-c2ccccc2)c(N(CC)C(=O)CNC(=O)c2cccc(C(F)(F)F)c2)c1CC. The van der Waals surface area contributed by atoms with Gasteiger partial charge in [-0.05, 0) is 50.7 Å². The third-order valence-electron chi connectivity index (χ3n) is 7.54. The third-order valence-corrected chi connectivity index (χ3v) is 7.54. The molecule has 0 unspecified atom stereocenters. The number of nitrogens with one attached hydrogen (secondary N) is 2. The van der Waals surface area contributed by atoms with Gasteiger partial charge in [-0.2, -0.15) is 18.3 Å². The summed E-state index contributed by atoms with van der Waals surface area (Å²) >= 11 is 0. The van der Waals surface area contributed by atoms with Gasteiger partial charge in [0.05, 0.1) is 49.3 Å². The van der Waals surface area contributed by atoms with Crippen molar-refractivity contribution in [2.45, 2.75) is 39.0 Å². The number of rotatable bonds is 13. The van der Waals surface area contributed by atoms with Crippen LogP contribution in [-0.4, -0.2) is 78.3 Å². The molecule has 3 amide bonds. The predicted molar refractivity (Wildman–Crippen MR) is 163 cm³/mol. The van der Waals surface area contributed by atoms with Crippen molar-refractivity contribution in [3.05, 3.63) is 89.1 Å². The van der Waals surface area contributed by atoms with Gasteiger partial charge >= 0.3 is 6.18 Å². The smallest absolute Gasteiger partial charge is 0.378 e. The lowest BCUT2D eigenvalue weighted by molar-refractivity contribution is -0.137. The van der Waals surface area contributed by atoms with E-state index in [1.54, 1.807) is 11.6 Å². The second-order valence-electron chi connectivity index (χ2n) is 10.6. The van der Waals surface area contributed by atoms with Crippen LogP contribution in [0, 0.1) is 0 Å². The number of hydrogen-bond acceptors (Lipinski definition) is 6. The summed E-state index contributed by atoms with van der Waals surface area (Å²) < 4.78 is 46.2. The highest BCUT2D eigenvalue weighted by atomic mass is 19.4. The normalized spacial score (nSPS) is 13.3. The van der Waals surface area contributed by atoms with Gasteiger partial charge < -0.3 is 15.4 Å². The first-order valence-corrected chi connectivity index (χ1v) is 14.6. The van der Waals surface area contributed by atoms with Gasteiger partial charge in [0.2, 0.25) is 11.8 Å². The molecule has 0 radical (unpaired) electrons. The van der Waals surface area contributed by atoms with Gasteiger partial charge in [0, 0.05) is 29.8 Å². The average molecular weight is 627 g/mol. The van der Waals surface area contributed by atoms with Gasteiger partial charge in [-0.1, -0.05) is 37.8 Å². The van der Waals surface area contributed by atoms with Crippen LogP contribution < -0.4 is 15.5 Å². The number of alkyl halides is 3. The standard InChI is InChI=1S/C32H37F3N6O4/c1-5-26-27(16-36-29(43)21(3)18-39(4)25-19-45-20-25)38-41(24-13-8-7-9-14-24)31(26)40(6-2)28(42)17-37-30(44)22-11-10-12-23(15-22)32(33,34)35/h7-15,25H,3,5-6,16-20H2,1-2,4H3,(H,36,43)(H,37,44). The van der Waals surface area contributed by atoms with Gasteiger partial charge in [-0.3, -0.25) is 24.2 Å². The maximum absolute atomic E-state index is 13.5. The minimum Gasteiger partial charge on any atom is -0.378 e. The summed E-state index contributed by atoms with van der Waals surface area (Å²) in [4.78, 5) is 42.6. The highest BCUT2D eigenvalue weighted by Crippen LogP contribution is 2.30. The van der Waals surface area contributed by atoms with E-state index in [4.69, 9.17) is 9.84 Å². The molecular weight excluding hydrogens is 589 g/mol. The third kappa shape index (κ3) is 7.97. The van der Waals surface area contributed by atoms with Crippen LogP contribution in [0.15, 0.2) is 66.7 Å². The van der Waals surface area contributed by atoms with Crippen molar-refractivity contribution < 1.29 is 32.3 Å². The molecule has 3 aromatic rings. The summed E-state index contributed by atoms with van der Waals surface area (Å²) in [6.45, 7) is 9.06. The molecule has 0 aliphatic carbocycles. The maximum atomic E-state index is 13.5. The van der Waals surface area contributed by atoms with Crippen molar-refractivity contribution in [2.24, 2.45) is 0 Å². The second kappa shape index (κ2) is 14.5. The van der Waals surface area contributed by atoms with E-state index in [1.165, 1.54) is 11.0 Å². The topological polar surface area (TPSA) is 109 Å². The molecule has 0 saturated carbocycles. The van der Waals surface area contributed by atoms with Gasteiger partial charge in [-0.15, -0.1) is 0 Å². The number of nitrogens with zero attached hydrogens (tertiary/aromatic N) is 4. The summed E-state index contributed by atoms with van der Waals surface area (Å²) in [7, 11) is 1.91. The molecule has 1 saturated heterocycles. The van der Waals surface area contributed by atoms with Gasteiger partial charge in [0.25, 0.3) is 5.91 Å². The number of amides is 3. The molecule has 10 nitrogen and oxygen atoms in total. The fourth-order valence-corrected chi connectivity index (χ4v) is 4.92. The molecule has 240 valence electrons. The van der Waals surface area contributed by atoms with Crippen LogP contribution in [0.2, 0.25) is 0 Å². The largest absolute Gasteiger partial charge is 0.416 e. The molecule has 4 rings (SSSR count). The minimum atomic E-state index is -4.61. The van der Waals surface area contributed by atoms with Crippen LogP contribution in [-0.2, 0) is 33.5 Å². The number of benzene rings is 2. The molecule has 2 heterocycles. The quantitative estimate of drug-likeness (QED) is 0.280. The van der Waals surface area contributed by atoms with Crippen molar-refractivity contribution >= 4 is 23.5 Å². The summed E-state index contributed by atoms with van der Waals surface area (Å²) in [5.74, 6) is -1.15. The van der Waals surface area contributed by atoms with Crippen molar-refractivity contribution in [3.63, 3.8) is 0 Å². The average Bonchev–Trinajstić information content (AvgIpc) is 3.36. The van der Waals surface area contributed by atoms with E-state index in [0.717, 1.165) is 18.2 Å². The zero-order valence-corrected chi connectivity index (χ0v) is 25.5. The molecule has 0 bridgehead atoms. The van der Waals surface area contributed by atoms with E-state index < -0.39 is 30.1 Å². The van der Waals surface area contributed by atoms with E-state index in [2.05, 4.69) is 17.2 Å². The first kappa shape index (κ1) is 33.4. The Bertz CT molecular complexity index is 1540. The summed E-state index contributed by atoms with van der Waals surface area (Å²) in [6, 6.07) is 13.4. The van der Waals surface area contributed by atoms with E-state index in [1.807, 2.05) is 49.2 Å². The zero-order valence-electron chi connectivity index (χ0n) is 25.5. The lowest BCUT2D eigenvalue weighted by Gasteiger charge is -2.34. The van der Waals surface area contributed by atoms with Crippen LogP contribution >= 0.6 is 0 Å². The molecule has 0 spiro atoms. The molecule has 45 heavy (non-hydrogen) atoms. The van der Waals surface area contributed by atoms with E-state index >= 15 is 0 Å². The highest BCUT2D eigenvalue weighted by Gasteiger charge is 2.31. The number of aromatic nitrogens is 2. The number of carbonyl (C=O) groups is 3. The number of halogens is 3. The first-order chi connectivity index (χ1) is 21.4. The molecule has 2 aromatic carbocycles. The number of ether oxygens (including phenoxy) is 1. The second-order valence-corrected chi connectivity index (χ2v) is 10.6. The van der Waals surface area contributed by atoms with Crippen molar-refractivity contribution in [2.75, 3.05) is 44.8 Å². The lowest BCUT2D eigenvalue weighted by Crippen LogP contribution is -2.48. The number of anilines is 1. The zero-order chi connectivity index (χ0) is 32.7. The van der Waals surface area contributed by atoms with Crippen molar-refractivity contribution in [1.29, 1.82) is 0 Å². The van der Waals surface area contributed by atoms with Crippen LogP contribution in [0.1, 0.15) is 41.0 Å². The number of likely N-dealkylation sites (N-methyl/N-ethyl adjacent to an activating group) is 2. The Morgan fingerprint density at radius 3 is 2.38 bits per heavy atom. The Kier molecular flexibility index (Phi) is 10.8. The van der Waals surface area contributed by atoms with E-state index in [0.29, 0.717) is 54.5 Å². The molecule has 1 aliphatic heterocycles.